The molecule has 0 spiro atoms. The molecule has 1 nitrogen and oxygen atoms in total. The van der Waals surface area contributed by atoms with E-state index in [2.05, 4.69) is 66.2 Å². The molecule has 20 heavy (non-hydrogen) atoms. The molecule has 0 aromatic heterocycles. The monoisotopic (exact) mass is 349 g/mol. The Morgan fingerprint density at radius 2 is 1.70 bits per heavy atom. The molecule has 0 aliphatic heterocycles. The van der Waals surface area contributed by atoms with Crippen LogP contribution in [0.2, 0.25) is 0 Å². The summed E-state index contributed by atoms with van der Waals surface area (Å²) in [5.41, 5.74) is 10.9. The van der Waals surface area contributed by atoms with Crippen molar-refractivity contribution in [2.45, 2.75) is 30.9 Å². The lowest BCUT2D eigenvalue weighted by atomic mass is 10.1. The van der Waals surface area contributed by atoms with Gasteiger partial charge in [0.25, 0.3) is 0 Å². The summed E-state index contributed by atoms with van der Waals surface area (Å²) >= 11 is 5.52. The predicted octanol–water partition coefficient (Wildman–Crippen LogP) is 4.86. The standard InChI is InChI=1S/C17H20BrNS/c1-12-7-13(2)9-15(8-12)11-20-17-4-3-14(5-6-19)10-16(17)18/h3-4,7-10H,5-6,11,19H2,1-2H3. The normalized spacial score (nSPS) is 10.8. The molecular weight excluding hydrogens is 330 g/mol. The van der Waals surface area contributed by atoms with Crippen molar-refractivity contribution in [2.24, 2.45) is 5.73 Å². The van der Waals surface area contributed by atoms with Crippen LogP contribution in [-0.2, 0) is 12.2 Å². The number of aryl methyl sites for hydroxylation is 2. The topological polar surface area (TPSA) is 26.0 Å². The maximum absolute atomic E-state index is 5.59. The van der Waals surface area contributed by atoms with Gasteiger partial charge in [-0.25, -0.2) is 0 Å². The molecule has 0 amide bonds. The lowest BCUT2D eigenvalue weighted by Gasteiger charge is -2.08. The Balaban J connectivity index is 2.06. The zero-order valence-electron chi connectivity index (χ0n) is 11.9. The van der Waals surface area contributed by atoms with Gasteiger partial charge in [0, 0.05) is 15.1 Å². The van der Waals surface area contributed by atoms with Crippen molar-refractivity contribution in [3.05, 3.63) is 63.1 Å². The Bertz CT molecular complexity index is 575. The number of rotatable bonds is 5. The van der Waals surface area contributed by atoms with Crippen LogP contribution in [0.25, 0.3) is 0 Å². The van der Waals surface area contributed by atoms with Crippen LogP contribution in [0.1, 0.15) is 22.3 Å². The van der Waals surface area contributed by atoms with Gasteiger partial charge in [-0.2, -0.15) is 0 Å². The fraction of sp³-hybridized carbons (Fsp3) is 0.294. The smallest absolute Gasteiger partial charge is 0.0314 e. The molecule has 0 radical (unpaired) electrons. The molecule has 0 aliphatic carbocycles. The first-order valence-corrected chi connectivity index (χ1v) is 8.55. The Hall–Kier alpha value is -0.770. The molecule has 3 heteroatoms. The Morgan fingerprint density at radius 3 is 2.30 bits per heavy atom. The molecular formula is C17H20BrNS. The Labute approximate surface area is 134 Å². The van der Waals surface area contributed by atoms with Gasteiger partial charge in [0.15, 0.2) is 0 Å². The van der Waals surface area contributed by atoms with E-state index in [0.717, 1.165) is 16.6 Å². The zero-order valence-corrected chi connectivity index (χ0v) is 14.4. The van der Waals surface area contributed by atoms with Crippen LogP contribution < -0.4 is 5.73 Å². The number of hydrogen-bond acceptors (Lipinski definition) is 2. The quantitative estimate of drug-likeness (QED) is 0.780. The van der Waals surface area contributed by atoms with E-state index in [0.29, 0.717) is 6.54 Å². The summed E-state index contributed by atoms with van der Waals surface area (Å²) < 4.78 is 1.16. The summed E-state index contributed by atoms with van der Waals surface area (Å²) in [6.07, 6.45) is 0.931. The van der Waals surface area contributed by atoms with Crippen LogP contribution in [0.15, 0.2) is 45.8 Å². The number of benzene rings is 2. The first-order chi connectivity index (χ1) is 9.58. The molecule has 0 atom stereocenters. The van der Waals surface area contributed by atoms with Gasteiger partial charge in [-0.1, -0.05) is 35.4 Å². The summed E-state index contributed by atoms with van der Waals surface area (Å²) in [6.45, 7) is 5.00. The lowest BCUT2D eigenvalue weighted by Crippen LogP contribution is -2.02. The first kappa shape index (κ1) is 15.6. The van der Waals surface area contributed by atoms with E-state index >= 15 is 0 Å². The van der Waals surface area contributed by atoms with Crippen LogP contribution in [0.5, 0.6) is 0 Å². The minimum absolute atomic E-state index is 0.696. The highest BCUT2D eigenvalue weighted by molar-refractivity contribution is 9.10. The van der Waals surface area contributed by atoms with Crippen molar-refractivity contribution in [2.75, 3.05) is 6.54 Å². The van der Waals surface area contributed by atoms with Crippen molar-refractivity contribution in [3.63, 3.8) is 0 Å². The molecule has 2 aromatic rings. The van der Waals surface area contributed by atoms with Gasteiger partial charge in [0.1, 0.15) is 0 Å². The summed E-state index contributed by atoms with van der Waals surface area (Å²) in [5, 5.41) is 0. The first-order valence-electron chi connectivity index (χ1n) is 6.77. The largest absolute Gasteiger partial charge is 0.330 e. The van der Waals surface area contributed by atoms with Crippen LogP contribution in [-0.4, -0.2) is 6.54 Å². The van der Waals surface area contributed by atoms with E-state index in [1.807, 2.05) is 11.8 Å². The minimum Gasteiger partial charge on any atom is -0.330 e. The van der Waals surface area contributed by atoms with Gasteiger partial charge in [0.05, 0.1) is 0 Å². The van der Waals surface area contributed by atoms with Gasteiger partial charge < -0.3 is 5.73 Å². The number of halogens is 1. The molecule has 0 saturated heterocycles. The third-order valence-corrected chi connectivity index (χ3v) is 5.17. The average molecular weight is 350 g/mol. The second-order valence-corrected chi connectivity index (χ2v) is 6.96. The number of thioether (sulfide) groups is 1. The van der Waals surface area contributed by atoms with Gasteiger partial charge >= 0.3 is 0 Å². The average Bonchev–Trinajstić information content (AvgIpc) is 2.37. The lowest BCUT2D eigenvalue weighted by molar-refractivity contribution is 0.965. The molecule has 0 heterocycles. The zero-order chi connectivity index (χ0) is 14.5. The molecule has 2 rings (SSSR count). The van der Waals surface area contributed by atoms with Crippen molar-refractivity contribution in [1.82, 2.24) is 0 Å². The molecule has 0 saturated carbocycles. The predicted molar refractivity (Wildman–Crippen MR) is 92.4 cm³/mol. The summed E-state index contributed by atoms with van der Waals surface area (Å²) in [4.78, 5) is 1.28. The van der Waals surface area contributed by atoms with E-state index in [-0.39, 0.29) is 0 Å². The fourth-order valence-electron chi connectivity index (χ4n) is 2.30. The third kappa shape index (κ3) is 4.37. The molecule has 0 unspecified atom stereocenters. The molecule has 2 N–H and O–H groups in total. The van der Waals surface area contributed by atoms with E-state index < -0.39 is 0 Å². The SMILES string of the molecule is Cc1cc(C)cc(CSc2ccc(CCN)cc2Br)c1. The summed E-state index contributed by atoms with van der Waals surface area (Å²) in [6, 6.07) is 13.3. The maximum Gasteiger partial charge on any atom is 0.0314 e. The van der Waals surface area contributed by atoms with E-state index in [9.17, 15) is 0 Å². The second-order valence-electron chi connectivity index (χ2n) is 5.09. The highest BCUT2D eigenvalue weighted by Crippen LogP contribution is 2.31. The molecule has 0 bridgehead atoms. The number of hydrogen-bond donors (Lipinski definition) is 1. The molecule has 0 aliphatic rings. The third-order valence-electron chi connectivity index (χ3n) is 3.11. The summed E-state index contributed by atoms with van der Waals surface area (Å²) in [7, 11) is 0. The molecule has 2 aromatic carbocycles. The minimum atomic E-state index is 0.696. The highest BCUT2D eigenvalue weighted by Gasteiger charge is 2.04. The van der Waals surface area contributed by atoms with E-state index in [1.54, 1.807) is 0 Å². The van der Waals surface area contributed by atoms with Crippen molar-refractivity contribution in [1.29, 1.82) is 0 Å². The fourth-order valence-corrected chi connectivity index (χ4v) is 3.92. The van der Waals surface area contributed by atoms with Crippen LogP contribution in [0.4, 0.5) is 0 Å². The molecule has 0 fully saturated rings. The Morgan fingerprint density at radius 1 is 1.00 bits per heavy atom. The van der Waals surface area contributed by atoms with Gasteiger partial charge in [-0.3, -0.25) is 0 Å². The van der Waals surface area contributed by atoms with Crippen molar-refractivity contribution < 1.29 is 0 Å². The summed E-state index contributed by atoms with van der Waals surface area (Å²) in [5.74, 6) is 0.997. The highest BCUT2D eigenvalue weighted by atomic mass is 79.9. The van der Waals surface area contributed by atoms with Crippen molar-refractivity contribution >= 4 is 27.7 Å². The van der Waals surface area contributed by atoms with Gasteiger partial charge in [0.2, 0.25) is 0 Å². The Kier molecular flexibility index (Phi) is 5.70. The van der Waals surface area contributed by atoms with Crippen LogP contribution in [0.3, 0.4) is 0 Å². The molecule has 106 valence electrons. The van der Waals surface area contributed by atoms with Crippen LogP contribution >= 0.6 is 27.7 Å². The maximum atomic E-state index is 5.59. The number of nitrogens with two attached hydrogens (primary N) is 1. The van der Waals surface area contributed by atoms with Crippen molar-refractivity contribution in [3.8, 4) is 0 Å². The van der Waals surface area contributed by atoms with E-state index in [1.165, 1.54) is 27.1 Å². The van der Waals surface area contributed by atoms with E-state index in [4.69, 9.17) is 5.73 Å². The van der Waals surface area contributed by atoms with Gasteiger partial charge in [-0.05, 0) is 66.0 Å². The van der Waals surface area contributed by atoms with Gasteiger partial charge in [-0.15, -0.1) is 11.8 Å². The second kappa shape index (κ2) is 7.30. The van der Waals surface area contributed by atoms with Crippen LogP contribution in [0, 0.1) is 13.8 Å².